The minimum atomic E-state index is -0.913. The van der Waals surface area contributed by atoms with Crippen LogP contribution >= 0.6 is 27.5 Å². The normalized spacial score (nSPS) is 11.8. The molecule has 6 nitrogen and oxygen atoms in total. The molecular weight excluding hydrogens is 388 g/mol. The van der Waals surface area contributed by atoms with Gasteiger partial charge in [0, 0.05) is 10.7 Å². The van der Waals surface area contributed by atoms with Crippen LogP contribution in [0, 0.1) is 0 Å². The molecule has 0 aromatic carbocycles. The van der Waals surface area contributed by atoms with Crippen LogP contribution < -0.4 is 4.90 Å². The van der Waals surface area contributed by atoms with Gasteiger partial charge in [-0.2, -0.15) is 4.90 Å². The van der Waals surface area contributed by atoms with Crippen LogP contribution in [0.4, 0.5) is 15.4 Å². The third kappa shape index (κ3) is 6.35. The minimum absolute atomic E-state index is 0.0571. The van der Waals surface area contributed by atoms with Gasteiger partial charge in [0.1, 0.15) is 11.2 Å². The van der Waals surface area contributed by atoms with Gasteiger partial charge in [-0.05, 0) is 63.5 Å². The fraction of sp³-hybridized carbons (Fsp3) is 0.533. The van der Waals surface area contributed by atoms with Crippen molar-refractivity contribution in [3.63, 3.8) is 0 Å². The van der Waals surface area contributed by atoms with Crippen molar-refractivity contribution in [1.82, 2.24) is 4.98 Å². The van der Waals surface area contributed by atoms with E-state index in [-0.39, 0.29) is 10.8 Å². The van der Waals surface area contributed by atoms with E-state index in [0.29, 0.717) is 9.37 Å². The molecule has 0 aliphatic carbocycles. The predicted molar refractivity (Wildman–Crippen MR) is 91.9 cm³/mol. The average Bonchev–Trinajstić information content (AvgIpc) is 2.27. The summed E-state index contributed by atoms with van der Waals surface area (Å²) in [6.45, 7) is 10.1. The number of aromatic nitrogens is 1. The van der Waals surface area contributed by atoms with Crippen LogP contribution in [0.15, 0.2) is 16.7 Å². The summed E-state index contributed by atoms with van der Waals surface area (Å²) in [4.78, 5) is 29.5. The number of carbonyl (C=O) groups is 2. The number of nitrogens with zero attached hydrogens (tertiary/aromatic N) is 2. The van der Waals surface area contributed by atoms with E-state index in [0.717, 1.165) is 0 Å². The van der Waals surface area contributed by atoms with Crippen LogP contribution in [0.5, 0.6) is 0 Å². The average molecular weight is 408 g/mol. The van der Waals surface area contributed by atoms with Crippen LogP contribution in [0.1, 0.15) is 41.5 Å². The highest BCUT2D eigenvalue weighted by molar-refractivity contribution is 9.10. The Hall–Kier alpha value is -1.34. The molecule has 0 aliphatic heterocycles. The quantitative estimate of drug-likeness (QED) is 0.642. The summed E-state index contributed by atoms with van der Waals surface area (Å²) in [5, 5.41) is 0.107. The van der Waals surface area contributed by atoms with E-state index in [1.165, 1.54) is 12.3 Å². The zero-order valence-electron chi connectivity index (χ0n) is 13.9. The summed E-state index contributed by atoms with van der Waals surface area (Å²) < 4.78 is 11.1. The van der Waals surface area contributed by atoms with Gasteiger partial charge in [-0.3, -0.25) is 0 Å². The van der Waals surface area contributed by atoms with Gasteiger partial charge in [-0.25, -0.2) is 14.6 Å². The molecule has 0 unspecified atom stereocenters. The second-order valence-electron chi connectivity index (χ2n) is 6.76. The lowest BCUT2D eigenvalue weighted by Gasteiger charge is -2.28. The first-order chi connectivity index (χ1) is 10.3. The summed E-state index contributed by atoms with van der Waals surface area (Å²) in [7, 11) is 0. The number of hydrogen-bond acceptors (Lipinski definition) is 5. The molecule has 0 fully saturated rings. The van der Waals surface area contributed by atoms with Crippen molar-refractivity contribution >= 4 is 45.5 Å². The highest BCUT2D eigenvalue weighted by Gasteiger charge is 2.34. The number of amides is 2. The zero-order valence-corrected chi connectivity index (χ0v) is 16.3. The standard InChI is InChI=1S/C15H20BrClN2O4/c1-14(2,3)22-12(20)19(13(21)23-15(4,5)6)11-10(17)7-9(16)8-18-11/h7-8H,1-6H3. The molecule has 0 aliphatic rings. The zero-order chi connectivity index (χ0) is 18.0. The van der Waals surface area contributed by atoms with Gasteiger partial charge in [0.15, 0.2) is 5.82 Å². The maximum Gasteiger partial charge on any atom is 0.425 e. The van der Waals surface area contributed by atoms with Crippen LogP contribution in [0.3, 0.4) is 0 Å². The molecule has 0 saturated heterocycles. The largest absolute Gasteiger partial charge is 0.443 e. The molecule has 1 heterocycles. The van der Waals surface area contributed by atoms with Gasteiger partial charge < -0.3 is 9.47 Å². The first-order valence-electron chi connectivity index (χ1n) is 6.87. The second-order valence-corrected chi connectivity index (χ2v) is 8.08. The molecule has 2 amide bonds. The number of rotatable bonds is 1. The van der Waals surface area contributed by atoms with E-state index in [2.05, 4.69) is 20.9 Å². The number of imide groups is 1. The summed E-state index contributed by atoms with van der Waals surface area (Å²) >= 11 is 9.32. The summed E-state index contributed by atoms with van der Waals surface area (Å²) in [5.74, 6) is -0.0571. The van der Waals surface area contributed by atoms with E-state index in [1.807, 2.05) is 0 Å². The molecule has 0 spiro atoms. The minimum Gasteiger partial charge on any atom is -0.443 e. The summed E-state index contributed by atoms with van der Waals surface area (Å²) in [6.07, 6.45) is -0.407. The predicted octanol–water partition coefficient (Wildman–Crippen LogP) is 5.17. The maximum atomic E-state index is 12.4. The molecular formula is C15H20BrClN2O4. The van der Waals surface area contributed by atoms with Crippen molar-refractivity contribution in [2.45, 2.75) is 52.7 Å². The highest BCUT2D eigenvalue weighted by Crippen LogP contribution is 2.29. The smallest absolute Gasteiger partial charge is 0.425 e. The van der Waals surface area contributed by atoms with Gasteiger partial charge in [-0.1, -0.05) is 11.6 Å². The monoisotopic (exact) mass is 406 g/mol. The molecule has 0 atom stereocenters. The first-order valence-corrected chi connectivity index (χ1v) is 8.04. The van der Waals surface area contributed by atoms with Gasteiger partial charge in [0.2, 0.25) is 0 Å². The topological polar surface area (TPSA) is 68.7 Å². The molecule has 1 aromatic heterocycles. The lowest BCUT2D eigenvalue weighted by atomic mass is 10.2. The second kappa shape index (κ2) is 7.05. The van der Waals surface area contributed by atoms with Gasteiger partial charge in [0.25, 0.3) is 0 Å². The summed E-state index contributed by atoms with van der Waals surface area (Å²) in [5.41, 5.74) is -1.58. The van der Waals surface area contributed by atoms with Crippen molar-refractivity contribution in [2.75, 3.05) is 4.90 Å². The number of ether oxygens (including phenoxy) is 2. The fourth-order valence-electron chi connectivity index (χ4n) is 1.43. The third-order valence-electron chi connectivity index (χ3n) is 2.15. The van der Waals surface area contributed by atoms with Gasteiger partial charge >= 0.3 is 12.2 Å². The number of carbonyl (C=O) groups excluding carboxylic acids is 2. The molecule has 0 N–H and O–H groups in total. The van der Waals surface area contributed by atoms with E-state index in [9.17, 15) is 9.59 Å². The third-order valence-corrected chi connectivity index (χ3v) is 2.86. The van der Waals surface area contributed by atoms with Crippen LogP contribution in [-0.4, -0.2) is 28.4 Å². The Balaban J connectivity index is 3.25. The molecule has 0 radical (unpaired) electrons. The molecule has 0 saturated carbocycles. The van der Waals surface area contributed by atoms with E-state index in [1.54, 1.807) is 41.5 Å². The Bertz CT molecular complexity index is 580. The van der Waals surface area contributed by atoms with Crippen molar-refractivity contribution in [3.8, 4) is 0 Å². The number of pyridine rings is 1. The van der Waals surface area contributed by atoms with Crippen LogP contribution in [0.25, 0.3) is 0 Å². The van der Waals surface area contributed by atoms with Crippen molar-refractivity contribution < 1.29 is 19.1 Å². The van der Waals surface area contributed by atoms with Gasteiger partial charge in [-0.15, -0.1) is 0 Å². The Kier molecular flexibility index (Phi) is 6.04. The first kappa shape index (κ1) is 19.7. The van der Waals surface area contributed by atoms with Crippen molar-refractivity contribution in [3.05, 3.63) is 21.8 Å². The van der Waals surface area contributed by atoms with E-state index in [4.69, 9.17) is 21.1 Å². The molecule has 128 valence electrons. The lowest BCUT2D eigenvalue weighted by Crippen LogP contribution is -2.44. The maximum absolute atomic E-state index is 12.4. The van der Waals surface area contributed by atoms with Crippen LogP contribution in [0.2, 0.25) is 5.02 Å². The Morgan fingerprint density at radius 3 is 1.87 bits per heavy atom. The fourth-order valence-corrected chi connectivity index (χ4v) is 2.15. The van der Waals surface area contributed by atoms with Gasteiger partial charge in [0.05, 0.1) is 5.02 Å². The number of halogens is 2. The summed E-state index contributed by atoms with van der Waals surface area (Å²) in [6, 6.07) is 1.52. The molecule has 1 rings (SSSR count). The Morgan fingerprint density at radius 2 is 1.52 bits per heavy atom. The van der Waals surface area contributed by atoms with E-state index >= 15 is 0 Å². The SMILES string of the molecule is CC(C)(C)OC(=O)N(C(=O)OC(C)(C)C)c1ncc(Br)cc1Cl. The van der Waals surface area contributed by atoms with Crippen LogP contribution in [-0.2, 0) is 9.47 Å². The molecule has 1 aromatic rings. The van der Waals surface area contributed by atoms with E-state index < -0.39 is 23.4 Å². The Labute approximate surface area is 149 Å². The van der Waals surface area contributed by atoms with Crippen molar-refractivity contribution in [2.24, 2.45) is 0 Å². The lowest BCUT2D eigenvalue weighted by molar-refractivity contribution is 0.0429. The highest BCUT2D eigenvalue weighted by atomic mass is 79.9. The molecule has 8 heteroatoms. The molecule has 23 heavy (non-hydrogen) atoms. The molecule has 0 bridgehead atoms. The Morgan fingerprint density at radius 1 is 1.09 bits per heavy atom. The van der Waals surface area contributed by atoms with Crippen molar-refractivity contribution in [1.29, 1.82) is 0 Å². The number of hydrogen-bond donors (Lipinski definition) is 0. The number of anilines is 1.